The van der Waals surface area contributed by atoms with Gasteiger partial charge in [-0.15, -0.1) is 5.10 Å². The second-order valence-corrected chi connectivity index (χ2v) is 6.86. The number of halogens is 1. The first-order valence-electron chi connectivity index (χ1n) is 9.50. The Morgan fingerprint density at radius 3 is 2.63 bits per heavy atom. The van der Waals surface area contributed by atoms with E-state index in [1.807, 2.05) is 48.5 Å². The van der Waals surface area contributed by atoms with Crippen LogP contribution < -0.4 is 10.1 Å². The van der Waals surface area contributed by atoms with Crippen LogP contribution in [0.5, 0.6) is 5.75 Å². The Morgan fingerprint density at radius 2 is 1.83 bits per heavy atom. The van der Waals surface area contributed by atoms with Crippen LogP contribution in [0.3, 0.4) is 0 Å². The van der Waals surface area contributed by atoms with Crippen molar-refractivity contribution in [2.75, 3.05) is 12.4 Å². The molecule has 2 aromatic heterocycles. The fourth-order valence-corrected chi connectivity index (χ4v) is 3.45. The van der Waals surface area contributed by atoms with Crippen LogP contribution in [0.2, 0.25) is 0 Å². The summed E-state index contributed by atoms with van der Waals surface area (Å²) in [7, 11) is 1.65. The molecule has 0 unspecified atom stereocenters. The number of nitrogens with one attached hydrogen (secondary N) is 1. The maximum Gasteiger partial charge on any atom is 0.186 e. The number of fused-ring (bicyclic) bond motifs is 3. The molecule has 0 spiro atoms. The smallest absolute Gasteiger partial charge is 0.186 e. The molecule has 0 aliphatic rings. The average Bonchev–Trinajstić information content (AvgIpc) is 3.22. The number of para-hydroxylation sites is 1. The molecule has 0 saturated carbocycles. The number of hydrogen-bond acceptors (Lipinski definition) is 5. The third kappa shape index (κ3) is 3.20. The van der Waals surface area contributed by atoms with E-state index in [1.165, 1.54) is 12.1 Å². The normalized spacial score (nSPS) is 11.1. The Hall–Kier alpha value is -4.00. The van der Waals surface area contributed by atoms with Crippen molar-refractivity contribution in [3.63, 3.8) is 0 Å². The van der Waals surface area contributed by atoms with Crippen LogP contribution >= 0.6 is 0 Å². The van der Waals surface area contributed by atoms with E-state index in [0.29, 0.717) is 29.3 Å². The van der Waals surface area contributed by atoms with E-state index in [2.05, 4.69) is 15.6 Å². The molecule has 148 valence electrons. The first-order valence-corrected chi connectivity index (χ1v) is 9.50. The van der Waals surface area contributed by atoms with Crippen molar-refractivity contribution in [2.45, 2.75) is 6.54 Å². The van der Waals surface area contributed by atoms with E-state index >= 15 is 0 Å². The minimum Gasteiger partial charge on any atom is -0.497 e. The Balaban J connectivity index is 1.60. The van der Waals surface area contributed by atoms with Crippen molar-refractivity contribution in [2.24, 2.45) is 0 Å². The van der Waals surface area contributed by atoms with Gasteiger partial charge in [0, 0.05) is 17.5 Å². The first kappa shape index (κ1) is 18.1. The van der Waals surface area contributed by atoms with Gasteiger partial charge in [-0.1, -0.05) is 41.6 Å². The number of aromatic nitrogens is 4. The van der Waals surface area contributed by atoms with Gasteiger partial charge < -0.3 is 10.1 Å². The predicted octanol–water partition coefficient (Wildman–Crippen LogP) is 4.70. The van der Waals surface area contributed by atoms with Crippen LogP contribution in [0.4, 0.5) is 10.2 Å². The SMILES string of the molecule is COc1ccc(CNc2nc3c(-c4cccc(F)c4)nnn3c3ccccc23)cc1. The highest BCUT2D eigenvalue weighted by atomic mass is 19.1. The predicted molar refractivity (Wildman–Crippen MR) is 114 cm³/mol. The van der Waals surface area contributed by atoms with Gasteiger partial charge in [0.15, 0.2) is 5.65 Å². The lowest BCUT2D eigenvalue weighted by molar-refractivity contribution is 0.414. The topological polar surface area (TPSA) is 64.3 Å². The number of methoxy groups -OCH3 is 1. The second kappa shape index (κ2) is 7.44. The Morgan fingerprint density at radius 1 is 1.00 bits per heavy atom. The number of hydrogen-bond donors (Lipinski definition) is 1. The summed E-state index contributed by atoms with van der Waals surface area (Å²) in [6, 6.07) is 22.0. The molecule has 1 N–H and O–H groups in total. The lowest BCUT2D eigenvalue weighted by Crippen LogP contribution is -2.05. The van der Waals surface area contributed by atoms with E-state index in [-0.39, 0.29) is 5.82 Å². The third-order valence-corrected chi connectivity index (χ3v) is 4.97. The highest BCUT2D eigenvalue weighted by Gasteiger charge is 2.16. The van der Waals surface area contributed by atoms with Crippen LogP contribution in [-0.4, -0.2) is 26.9 Å². The highest BCUT2D eigenvalue weighted by molar-refractivity contribution is 5.93. The monoisotopic (exact) mass is 399 g/mol. The van der Waals surface area contributed by atoms with Crippen LogP contribution in [0, 0.1) is 5.82 Å². The van der Waals surface area contributed by atoms with E-state index in [4.69, 9.17) is 9.72 Å². The summed E-state index contributed by atoms with van der Waals surface area (Å²) in [6.07, 6.45) is 0. The molecule has 3 aromatic carbocycles. The van der Waals surface area contributed by atoms with Gasteiger partial charge in [0.25, 0.3) is 0 Å². The molecule has 0 aliphatic carbocycles. The molecule has 0 radical (unpaired) electrons. The van der Waals surface area contributed by atoms with E-state index in [0.717, 1.165) is 22.2 Å². The molecule has 30 heavy (non-hydrogen) atoms. The first-order chi connectivity index (χ1) is 14.7. The van der Waals surface area contributed by atoms with Gasteiger partial charge in [0.1, 0.15) is 23.1 Å². The molecule has 5 aromatic rings. The van der Waals surface area contributed by atoms with E-state index < -0.39 is 0 Å². The molecule has 0 atom stereocenters. The molecule has 0 amide bonds. The number of ether oxygens (including phenoxy) is 1. The van der Waals surface area contributed by atoms with Gasteiger partial charge >= 0.3 is 0 Å². The molecular weight excluding hydrogens is 381 g/mol. The summed E-state index contributed by atoms with van der Waals surface area (Å²) in [5.41, 5.74) is 3.70. The quantitative estimate of drug-likeness (QED) is 0.464. The van der Waals surface area contributed by atoms with Crippen molar-refractivity contribution >= 4 is 22.4 Å². The van der Waals surface area contributed by atoms with E-state index in [1.54, 1.807) is 23.8 Å². The zero-order valence-electron chi connectivity index (χ0n) is 16.2. The summed E-state index contributed by atoms with van der Waals surface area (Å²) in [5, 5.41) is 12.9. The average molecular weight is 399 g/mol. The van der Waals surface area contributed by atoms with Gasteiger partial charge in [-0.05, 0) is 42.0 Å². The summed E-state index contributed by atoms with van der Waals surface area (Å²) in [6.45, 7) is 0.591. The third-order valence-electron chi connectivity index (χ3n) is 4.97. The lowest BCUT2D eigenvalue weighted by Gasteiger charge is -2.11. The van der Waals surface area contributed by atoms with Crippen molar-refractivity contribution in [1.29, 1.82) is 0 Å². The number of benzene rings is 3. The van der Waals surface area contributed by atoms with Gasteiger partial charge in [-0.25, -0.2) is 9.37 Å². The summed E-state index contributed by atoms with van der Waals surface area (Å²) in [5.74, 6) is 1.20. The Kier molecular flexibility index (Phi) is 4.48. The van der Waals surface area contributed by atoms with Crippen molar-refractivity contribution in [1.82, 2.24) is 19.8 Å². The number of rotatable bonds is 5. The van der Waals surface area contributed by atoms with E-state index in [9.17, 15) is 4.39 Å². The highest BCUT2D eigenvalue weighted by Crippen LogP contribution is 2.28. The lowest BCUT2D eigenvalue weighted by atomic mass is 10.1. The standard InChI is InChI=1S/C23H18FN5O/c1-30-18-11-9-15(10-12-18)14-25-22-19-7-2-3-8-20(19)29-23(26-22)21(27-28-29)16-5-4-6-17(24)13-16/h2-13H,14H2,1H3,(H,25,26). The summed E-state index contributed by atoms with van der Waals surface area (Å²) in [4.78, 5) is 4.80. The van der Waals surface area contributed by atoms with Crippen LogP contribution in [0.25, 0.3) is 27.8 Å². The number of anilines is 1. The van der Waals surface area contributed by atoms with Gasteiger partial charge in [0.05, 0.1) is 12.6 Å². The molecule has 0 saturated heterocycles. The fourth-order valence-electron chi connectivity index (χ4n) is 3.45. The van der Waals surface area contributed by atoms with Crippen molar-refractivity contribution in [3.05, 3.63) is 84.2 Å². The molecule has 0 aliphatic heterocycles. The molecule has 2 heterocycles. The molecule has 7 heteroatoms. The molecule has 5 rings (SSSR count). The van der Waals surface area contributed by atoms with Crippen molar-refractivity contribution in [3.8, 4) is 17.0 Å². The molecule has 0 fully saturated rings. The molecule has 0 bridgehead atoms. The Bertz CT molecular complexity index is 1350. The minimum atomic E-state index is -0.327. The minimum absolute atomic E-state index is 0.327. The molecular formula is C23H18FN5O. The van der Waals surface area contributed by atoms with Crippen molar-refractivity contribution < 1.29 is 9.13 Å². The summed E-state index contributed by atoms with van der Waals surface area (Å²) >= 11 is 0. The molecule has 6 nitrogen and oxygen atoms in total. The van der Waals surface area contributed by atoms with Gasteiger partial charge in [-0.2, -0.15) is 4.52 Å². The Labute approximate surface area is 172 Å². The van der Waals surface area contributed by atoms with Crippen LogP contribution in [-0.2, 0) is 6.54 Å². The second-order valence-electron chi connectivity index (χ2n) is 6.86. The maximum atomic E-state index is 13.8. The zero-order chi connectivity index (χ0) is 20.5. The van der Waals surface area contributed by atoms with Gasteiger partial charge in [-0.3, -0.25) is 0 Å². The van der Waals surface area contributed by atoms with Crippen LogP contribution in [0.15, 0.2) is 72.8 Å². The van der Waals surface area contributed by atoms with Gasteiger partial charge in [0.2, 0.25) is 0 Å². The zero-order valence-corrected chi connectivity index (χ0v) is 16.2. The summed E-state index contributed by atoms with van der Waals surface area (Å²) < 4.78 is 20.7. The number of nitrogens with zero attached hydrogens (tertiary/aromatic N) is 4. The van der Waals surface area contributed by atoms with Crippen LogP contribution in [0.1, 0.15) is 5.56 Å². The maximum absolute atomic E-state index is 13.8. The largest absolute Gasteiger partial charge is 0.497 e. The fraction of sp³-hybridized carbons (Fsp3) is 0.0870.